The molecule has 114 valence electrons. The normalized spacial score (nSPS) is 19.3. The van der Waals surface area contributed by atoms with E-state index in [9.17, 15) is 4.79 Å². The molecule has 1 aromatic rings. The first-order valence-corrected chi connectivity index (χ1v) is 8.38. The summed E-state index contributed by atoms with van der Waals surface area (Å²) in [6.07, 6.45) is 6.43. The summed E-state index contributed by atoms with van der Waals surface area (Å²) in [6, 6.07) is 9.01. The molecule has 0 bridgehead atoms. The van der Waals surface area contributed by atoms with Gasteiger partial charge in [0.25, 0.3) is 0 Å². The minimum atomic E-state index is 0.203. The maximum Gasteiger partial charge on any atom is 0.220 e. The summed E-state index contributed by atoms with van der Waals surface area (Å²) >= 11 is 5.95. The van der Waals surface area contributed by atoms with Gasteiger partial charge in [0, 0.05) is 23.5 Å². The molecule has 2 aliphatic rings. The first kappa shape index (κ1) is 14.9. The second-order valence-corrected chi connectivity index (χ2v) is 6.70. The summed E-state index contributed by atoms with van der Waals surface area (Å²) < 4.78 is 0. The van der Waals surface area contributed by atoms with E-state index < -0.39 is 0 Å². The highest BCUT2D eigenvalue weighted by Crippen LogP contribution is 2.41. The number of carbonyl (C=O) groups excluding carboxylic acids is 1. The third kappa shape index (κ3) is 4.72. The lowest BCUT2D eigenvalue weighted by Crippen LogP contribution is -2.28. The fourth-order valence-electron chi connectivity index (χ4n) is 2.69. The third-order valence-corrected chi connectivity index (χ3v) is 4.46. The van der Waals surface area contributed by atoms with Crippen molar-refractivity contribution in [3.63, 3.8) is 0 Å². The summed E-state index contributed by atoms with van der Waals surface area (Å²) in [7, 11) is 0. The molecule has 1 atom stereocenters. The fourth-order valence-corrected chi connectivity index (χ4v) is 2.82. The molecule has 0 saturated heterocycles. The van der Waals surface area contributed by atoms with Crippen LogP contribution >= 0.6 is 11.6 Å². The van der Waals surface area contributed by atoms with Gasteiger partial charge in [-0.2, -0.15) is 0 Å². The van der Waals surface area contributed by atoms with E-state index in [-0.39, 0.29) is 5.91 Å². The van der Waals surface area contributed by atoms with Crippen LogP contribution in [-0.2, 0) is 4.79 Å². The summed E-state index contributed by atoms with van der Waals surface area (Å²) in [6.45, 7) is 0.891. The van der Waals surface area contributed by atoms with Gasteiger partial charge in [0.05, 0.1) is 0 Å². The molecule has 0 spiro atoms. The molecule has 1 aromatic carbocycles. The van der Waals surface area contributed by atoms with Gasteiger partial charge in [0.2, 0.25) is 5.91 Å². The zero-order valence-corrected chi connectivity index (χ0v) is 13.0. The lowest BCUT2D eigenvalue weighted by Gasteiger charge is -2.19. The highest BCUT2D eigenvalue weighted by atomic mass is 35.5. The van der Waals surface area contributed by atoms with E-state index in [1.165, 1.54) is 18.4 Å². The van der Waals surface area contributed by atoms with Crippen molar-refractivity contribution >= 4 is 17.5 Å². The second-order valence-electron chi connectivity index (χ2n) is 6.27. The van der Waals surface area contributed by atoms with Gasteiger partial charge in [-0.25, -0.2) is 0 Å². The van der Waals surface area contributed by atoms with E-state index in [0.717, 1.165) is 36.7 Å². The number of benzene rings is 1. The predicted molar refractivity (Wildman–Crippen MR) is 85.3 cm³/mol. The molecule has 21 heavy (non-hydrogen) atoms. The van der Waals surface area contributed by atoms with Crippen LogP contribution in [0.3, 0.4) is 0 Å². The molecule has 2 aliphatic carbocycles. The van der Waals surface area contributed by atoms with Gasteiger partial charge in [0.15, 0.2) is 0 Å². The number of carbonyl (C=O) groups is 1. The minimum Gasteiger partial charge on any atom is -0.353 e. The molecule has 2 N–H and O–H groups in total. The van der Waals surface area contributed by atoms with Crippen molar-refractivity contribution in [2.24, 2.45) is 5.92 Å². The topological polar surface area (TPSA) is 41.1 Å². The first-order valence-electron chi connectivity index (χ1n) is 8.00. The monoisotopic (exact) mass is 306 g/mol. The Balaban J connectivity index is 1.42. The van der Waals surface area contributed by atoms with Crippen molar-refractivity contribution in [2.45, 2.75) is 50.6 Å². The van der Waals surface area contributed by atoms with E-state index in [0.29, 0.717) is 18.5 Å². The lowest BCUT2D eigenvalue weighted by molar-refractivity contribution is -0.121. The zero-order chi connectivity index (χ0) is 14.7. The summed E-state index contributed by atoms with van der Waals surface area (Å²) in [5, 5.41) is 7.43. The Hall–Kier alpha value is -1.06. The number of hydrogen-bond acceptors (Lipinski definition) is 2. The maximum absolute atomic E-state index is 11.6. The lowest BCUT2D eigenvalue weighted by atomic mass is 10.0. The van der Waals surface area contributed by atoms with Crippen molar-refractivity contribution in [3.8, 4) is 0 Å². The van der Waals surface area contributed by atoms with Gasteiger partial charge in [0.1, 0.15) is 0 Å². The highest BCUT2D eigenvalue weighted by Gasteiger charge is 2.31. The van der Waals surface area contributed by atoms with Crippen LogP contribution in [-0.4, -0.2) is 18.5 Å². The van der Waals surface area contributed by atoms with Crippen LogP contribution in [0.4, 0.5) is 0 Å². The number of nitrogens with one attached hydrogen (secondary N) is 2. The molecular formula is C17H23ClN2O. The Morgan fingerprint density at radius 1 is 1.19 bits per heavy atom. The van der Waals surface area contributed by atoms with E-state index in [1.807, 2.05) is 12.1 Å². The molecule has 3 nitrogen and oxygen atoms in total. The third-order valence-electron chi connectivity index (χ3n) is 4.21. The molecule has 0 aromatic heterocycles. The second kappa shape index (κ2) is 6.80. The molecule has 0 radical (unpaired) electrons. The van der Waals surface area contributed by atoms with Crippen molar-refractivity contribution in [1.29, 1.82) is 0 Å². The Labute approximate surface area is 131 Å². The van der Waals surface area contributed by atoms with E-state index in [2.05, 4.69) is 22.8 Å². The van der Waals surface area contributed by atoms with Crippen LogP contribution < -0.4 is 10.6 Å². The molecule has 0 aliphatic heterocycles. The summed E-state index contributed by atoms with van der Waals surface area (Å²) in [5.41, 5.74) is 1.31. The van der Waals surface area contributed by atoms with E-state index in [4.69, 9.17) is 11.6 Å². The largest absolute Gasteiger partial charge is 0.353 e. The Bertz CT molecular complexity index is 480. The molecule has 2 saturated carbocycles. The molecule has 1 amide bonds. The van der Waals surface area contributed by atoms with Crippen LogP contribution in [0, 0.1) is 5.92 Å². The van der Waals surface area contributed by atoms with Gasteiger partial charge in [-0.05, 0) is 62.3 Å². The quantitative estimate of drug-likeness (QED) is 0.722. The van der Waals surface area contributed by atoms with Gasteiger partial charge in [-0.15, -0.1) is 0 Å². The van der Waals surface area contributed by atoms with Gasteiger partial charge < -0.3 is 10.6 Å². The standard InChI is InChI=1S/C17H23ClN2O/c18-14-7-5-13(6-8-14)17(12-3-4-12)19-11-1-2-16(21)20-15-9-10-15/h5-8,12,15,17,19H,1-4,9-11H2,(H,20,21). The SMILES string of the molecule is O=C(CCCNC(c1ccc(Cl)cc1)C1CC1)NC1CC1. The van der Waals surface area contributed by atoms with Crippen LogP contribution in [0.1, 0.15) is 50.1 Å². The first-order chi connectivity index (χ1) is 10.2. The van der Waals surface area contributed by atoms with Crippen molar-refractivity contribution in [1.82, 2.24) is 10.6 Å². The van der Waals surface area contributed by atoms with Gasteiger partial charge in [-0.3, -0.25) is 4.79 Å². The molecule has 4 heteroatoms. The predicted octanol–water partition coefficient (Wildman–Crippen LogP) is 3.44. The molecule has 0 heterocycles. The number of amides is 1. The molecule has 3 rings (SSSR count). The minimum absolute atomic E-state index is 0.203. The average molecular weight is 307 g/mol. The van der Waals surface area contributed by atoms with Gasteiger partial charge >= 0.3 is 0 Å². The number of rotatable bonds is 8. The Morgan fingerprint density at radius 2 is 1.90 bits per heavy atom. The van der Waals surface area contributed by atoms with Gasteiger partial charge in [-0.1, -0.05) is 23.7 Å². The molecule has 1 unspecified atom stereocenters. The van der Waals surface area contributed by atoms with Crippen LogP contribution in [0.5, 0.6) is 0 Å². The van der Waals surface area contributed by atoms with Crippen molar-refractivity contribution in [2.75, 3.05) is 6.54 Å². The Morgan fingerprint density at radius 3 is 2.52 bits per heavy atom. The molecular weight excluding hydrogens is 284 g/mol. The highest BCUT2D eigenvalue weighted by molar-refractivity contribution is 6.30. The fraction of sp³-hybridized carbons (Fsp3) is 0.588. The van der Waals surface area contributed by atoms with Crippen LogP contribution in [0.15, 0.2) is 24.3 Å². The van der Waals surface area contributed by atoms with E-state index >= 15 is 0 Å². The number of hydrogen-bond donors (Lipinski definition) is 2. The van der Waals surface area contributed by atoms with Crippen molar-refractivity contribution < 1.29 is 4.79 Å². The zero-order valence-electron chi connectivity index (χ0n) is 12.3. The summed E-state index contributed by atoms with van der Waals surface area (Å²) in [4.78, 5) is 11.6. The summed E-state index contributed by atoms with van der Waals surface area (Å²) in [5.74, 6) is 0.945. The maximum atomic E-state index is 11.6. The van der Waals surface area contributed by atoms with Crippen molar-refractivity contribution in [3.05, 3.63) is 34.9 Å². The van der Waals surface area contributed by atoms with Crippen LogP contribution in [0.2, 0.25) is 5.02 Å². The van der Waals surface area contributed by atoms with E-state index in [1.54, 1.807) is 0 Å². The van der Waals surface area contributed by atoms with Crippen LogP contribution in [0.25, 0.3) is 0 Å². The average Bonchev–Trinajstić information content (AvgIpc) is 3.34. The number of halogens is 1. The molecule has 2 fully saturated rings. The Kier molecular flexibility index (Phi) is 4.81. The smallest absolute Gasteiger partial charge is 0.220 e.